The molecule has 1 aromatic rings. The molecule has 2 heterocycles. The summed E-state index contributed by atoms with van der Waals surface area (Å²) in [5.74, 6) is 0.537. The number of aryl methyl sites for hydroxylation is 1. The second-order valence-electron chi connectivity index (χ2n) is 5.50. The molecule has 1 aliphatic heterocycles. The van der Waals surface area contributed by atoms with Gasteiger partial charge in [-0.25, -0.2) is 8.42 Å². The van der Waals surface area contributed by atoms with E-state index in [1.807, 2.05) is 0 Å². The third-order valence-electron chi connectivity index (χ3n) is 4.17. The summed E-state index contributed by atoms with van der Waals surface area (Å²) in [7, 11) is -3.48. The first-order valence-corrected chi connectivity index (χ1v) is 9.32. The lowest BCUT2D eigenvalue weighted by molar-refractivity contribution is -0.0241. The molecule has 2 fully saturated rings. The van der Waals surface area contributed by atoms with Crippen LogP contribution in [-0.2, 0) is 21.3 Å². The van der Waals surface area contributed by atoms with Gasteiger partial charge in [0.05, 0.1) is 24.9 Å². The Kier molecular flexibility index (Phi) is 4.54. The predicted molar refractivity (Wildman–Crippen MR) is 78.8 cm³/mol. The maximum Gasteiger partial charge on any atom is 0.246 e. The largest absolute Gasteiger partial charge is 0.375 e. The van der Waals surface area contributed by atoms with Gasteiger partial charge in [-0.3, -0.25) is 4.68 Å². The van der Waals surface area contributed by atoms with Crippen LogP contribution >= 0.6 is 11.6 Å². The molecule has 2 unspecified atom stereocenters. The van der Waals surface area contributed by atoms with Crippen molar-refractivity contribution < 1.29 is 13.2 Å². The van der Waals surface area contributed by atoms with Crippen molar-refractivity contribution in [2.45, 2.75) is 49.3 Å². The summed E-state index contributed by atoms with van der Waals surface area (Å²) in [6, 6.07) is -0.0186. The Bertz CT molecular complexity index is 589. The molecule has 3 rings (SSSR count). The zero-order valence-corrected chi connectivity index (χ0v) is 13.4. The lowest BCUT2D eigenvalue weighted by Gasteiger charge is -2.36. The normalized spacial score (nSPS) is 26.9. The van der Waals surface area contributed by atoms with E-state index in [1.165, 1.54) is 6.20 Å². The minimum Gasteiger partial charge on any atom is -0.375 e. The molecule has 0 radical (unpaired) electrons. The van der Waals surface area contributed by atoms with Crippen LogP contribution in [0.1, 0.15) is 25.7 Å². The van der Waals surface area contributed by atoms with Crippen LogP contribution in [0.25, 0.3) is 0 Å². The number of hydrogen-bond donors (Lipinski definition) is 0. The quantitative estimate of drug-likeness (QED) is 0.765. The van der Waals surface area contributed by atoms with Crippen molar-refractivity contribution in [3.05, 3.63) is 12.4 Å². The SMILES string of the molecule is O=S(=O)(c1cnn(CCCCl)c1)N1CCOC2CCCC21. The van der Waals surface area contributed by atoms with E-state index in [1.54, 1.807) is 15.2 Å². The monoisotopic (exact) mass is 333 g/mol. The van der Waals surface area contributed by atoms with Gasteiger partial charge in [0.1, 0.15) is 4.90 Å². The Morgan fingerprint density at radius 1 is 1.43 bits per heavy atom. The smallest absolute Gasteiger partial charge is 0.246 e. The number of nitrogens with zero attached hydrogens (tertiary/aromatic N) is 3. The van der Waals surface area contributed by atoms with E-state index in [2.05, 4.69) is 5.10 Å². The number of aromatic nitrogens is 2. The highest BCUT2D eigenvalue weighted by atomic mass is 35.5. The van der Waals surface area contributed by atoms with E-state index in [4.69, 9.17) is 16.3 Å². The first-order chi connectivity index (χ1) is 10.1. The van der Waals surface area contributed by atoms with Gasteiger partial charge in [0.15, 0.2) is 0 Å². The van der Waals surface area contributed by atoms with Crippen LogP contribution in [0, 0.1) is 0 Å². The van der Waals surface area contributed by atoms with E-state index in [9.17, 15) is 8.42 Å². The standard InChI is InChI=1S/C13H20ClN3O3S/c14-5-2-6-16-10-11(9-15-16)21(18,19)17-7-8-20-13-4-1-3-12(13)17/h9-10,12-13H,1-8H2. The minimum atomic E-state index is -3.48. The maximum atomic E-state index is 12.8. The molecule has 8 heteroatoms. The van der Waals surface area contributed by atoms with Crippen molar-refractivity contribution in [1.29, 1.82) is 0 Å². The highest BCUT2D eigenvalue weighted by Gasteiger charge is 2.42. The summed E-state index contributed by atoms with van der Waals surface area (Å²) in [4.78, 5) is 0.268. The molecule has 0 aromatic carbocycles. The van der Waals surface area contributed by atoms with E-state index in [0.29, 0.717) is 25.6 Å². The summed E-state index contributed by atoms with van der Waals surface area (Å²) in [5.41, 5.74) is 0. The molecule has 0 bridgehead atoms. The summed E-state index contributed by atoms with van der Waals surface area (Å²) in [5, 5.41) is 4.12. The summed E-state index contributed by atoms with van der Waals surface area (Å²) < 4.78 is 34.5. The first-order valence-electron chi connectivity index (χ1n) is 7.35. The second-order valence-corrected chi connectivity index (χ2v) is 7.77. The van der Waals surface area contributed by atoms with Crippen molar-refractivity contribution in [3.8, 4) is 0 Å². The molecule has 21 heavy (non-hydrogen) atoms. The van der Waals surface area contributed by atoms with Crippen LogP contribution < -0.4 is 0 Å². The summed E-state index contributed by atoms with van der Waals surface area (Å²) in [6.07, 6.45) is 6.71. The van der Waals surface area contributed by atoms with E-state index >= 15 is 0 Å². The summed E-state index contributed by atoms with van der Waals surface area (Å²) >= 11 is 5.65. The summed E-state index contributed by atoms with van der Waals surface area (Å²) in [6.45, 7) is 1.53. The molecule has 0 amide bonds. The molecule has 1 aromatic heterocycles. The average Bonchev–Trinajstić information content (AvgIpc) is 3.13. The first kappa shape index (κ1) is 15.3. The van der Waals surface area contributed by atoms with Crippen molar-refractivity contribution in [1.82, 2.24) is 14.1 Å². The lowest BCUT2D eigenvalue weighted by Crippen LogP contribution is -2.51. The number of fused-ring (bicyclic) bond motifs is 1. The van der Waals surface area contributed by atoms with E-state index in [0.717, 1.165) is 25.7 Å². The number of ether oxygens (including phenoxy) is 1. The molecule has 118 valence electrons. The molecule has 0 spiro atoms. The molecule has 1 aliphatic carbocycles. The number of rotatable bonds is 5. The molecular formula is C13H20ClN3O3S. The van der Waals surface area contributed by atoms with Gasteiger partial charge >= 0.3 is 0 Å². The third-order valence-corrected chi connectivity index (χ3v) is 6.31. The second kappa shape index (κ2) is 6.24. The fraction of sp³-hybridized carbons (Fsp3) is 0.769. The Morgan fingerprint density at radius 2 is 2.29 bits per heavy atom. The van der Waals surface area contributed by atoms with Crippen molar-refractivity contribution >= 4 is 21.6 Å². The lowest BCUT2D eigenvalue weighted by atomic mass is 10.2. The molecule has 2 aliphatic rings. The molecule has 1 saturated carbocycles. The van der Waals surface area contributed by atoms with E-state index < -0.39 is 10.0 Å². The van der Waals surface area contributed by atoms with E-state index in [-0.39, 0.29) is 17.0 Å². The van der Waals surface area contributed by atoms with Crippen LogP contribution in [0.2, 0.25) is 0 Å². The predicted octanol–water partition coefficient (Wildman–Crippen LogP) is 1.45. The van der Waals surface area contributed by atoms with Crippen molar-refractivity contribution in [3.63, 3.8) is 0 Å². The van der Waals surface area contributed by atoms with Crippen LogP contribution in [0.5, 0.6) is 0 Å². The van der Waals surface area contributed by atoms with Gasteiger partial charge < -0.3 is 4.74 Å². The van der Waals surface area contributed by atoms with Crippen LogP contribution in [0.15, 0.2) is 17.3 Å². The highest BCUT2D eigenvalue weighted by Crippen LogP contribution is 2.33. The van der Waals surface area contributed by atoms with Crippen molar-refractivity contribution in [2.75, 3.05) is 19.0 Å². The van der Waals surface area contributed by atoms with Gasteiger partial charge in [-0.1, -0.05) is 0 Å². The molecular weight excluding hydrogens is 314 g/mol. The maximum absolute atomic E-state index is 12.8. The minimum absolute atomic E-state index is 0.0186. The fourth-order valence-electron chi connectivity index (χ4n) is 3.15. The van der Waals surface area contributed by atoms with Crippen LogP contribution in [0.3, 0.4) is 0 Å². The number of sulfonamides is 1. The van der Waals surface area contributed by atoms with Crippen LogP contribution in [-0.4, -0.2) is 53.7 Å². The molecule has 1 saturated heterocycles. The van der Waals surface area contributed by atoms with Crippen molar-refractivity contribution in [2.24, 2.45) is 0 Å². The Hall–Kier alpha value is -0.630. The topological polar surface area (TPSA) is 64.4 Å². The van der Waals surface area contributed by atoms with Gasteiger partial charge in [0.2, 0.25) is 10.0 Å². The Morgan fingerprint density at radius 3 is 3.10 bits per heavy atom. The zero-order chi connectivity index (χ0) is 14.9. The van der Waals surface area contributed by atoms with Gasteiger partial charge in [0, 0.05) is 25.2 Å². The van der Waals surface area contributed by atoms with Gasteiger partial charge in [-0.2, -0.15) is 9.40 Å². The number of halogens is 1. The third kappa shape index (κ3) is 2.97. The highest BCUT2D eigenvalue weighted by molar-refractivity contribution is 7.89. The van der Waals surface area contributed by atoms with Crippen LogP contribution in [0.4, 0.5) is 0 Å². The molecule has 2 atom stereocenters. The Labute approximate surface area is 130 Å². The molecule has 6 nitrogen and oxygen atoms in total. The van der Waals surface area contributed by atoms with Gasteiger partial charge in [-0.15, -0.1) is 11.6 Å². The Balaban J connectivity index is 1.80. The number of morpholine rings is 1. The number of hydrogen-bond acceptors (Lipinski definition) is 4. The van der Waals surface area contributed by atoms with Gasteiger partial charge in [-0.05, 0) is 25.7 Å². The number of alkyl halides is 1. The zero-order valence-electron chi connectivity index (χ0n) is 11.8. The fourth-order valence-corrected chi connectivity index (χ4v) is 4.88. The molecule has 0 N–H and O–H groups in total. The van der Waals surface area contributed by atoms with Gasteiger partial charge in [0.25, 0.3) is 0 Å². The average molecular weight is 334 g/mol.